The van der Waals surface area contributed by atoms with E-state index in [1.54, 1.807) is 0 Å². The van der Waals surface area contributed by atoms with Gasteiger partial charge in [0.25, 0.3) is 0 Å². The van der Waals surface area contributed by atoms with Gasteiger partial charge in [0.05, 0.1) is 5.69 Å². The molecule has 0 aliphatic heterocycles. The second kappa shape index (κ2) is 13.0. The molecule has 9 aromatic carbocycles. The van der Waals surface area contributed by atoms with E-state index in [0.717, 1.165) is 77.9 Å². The Balaban J connectivity index is 1.18. The minimum absolute atomic E-state index is 0.573. The van der Waals surface area contributed by atoms with Gasteiger partial charge in [0.1, 0.15) is 16.7 Å². The van der Waals surface area contributed by atoms with Crippen LogP contribution in [-0.2, 0) is 0 Å². The molecule has 5 nitrogen and oxygen atoms in total. The Bertz CT molecular complexity index is 3210. The second-order valence-corrected chi connectivity index (χ2v) is 14.0. The van der Waals surface area contributed by atoms with Gasteiger partial charge in [0, 0.05) is 50.2 Å². The van der Waals surface area contributed by atoms with Crippen molar-refractivity contribution in [3.63, 3.8) is 0 Å². The van der Waals surface area contributed by atoms with Crippen LogP contribution in [0.1, 0.15) is 0 Å². The van der Waals surface area contributed by atoms with Gasteiger partial charge < -0.3 is 18.6 Å². The summed E-state index contributed by atoms with van der Waals surface area (Å²) in [7, 11) is 0. The number of rotatable bonds is 7. The lowest BCUT2D eigenvalue weighted by atomic mass is 10.0. The molecule has 0 amide bonds. The van der Waals surface area contributed by atoms with Crippen molar-refractivity contribution in [1.29, 1.82) is 0 Å². The van der Waals surface area contributed by atoms with Crippen LogP contribution >= 0.6 is 0 Å². The topological polar surface area (TPSA) is 45.7 Å². The lowest BCUT2D eigenvalue weighted by Gasteiger charge is -2.28. The van der Waals surface area contributed by atoms with Gasteiger partial charge in [0.15, 0.2) is 5.58 Å². The minimum atomic E-state index is 0.573. The fraction of sp³-hybridized carbons (Fsp3) is 0. The van der Waals surface area contributed by atoms with Crippen molar-refractivity contribution in [2.24, 2.45) is 0 Å². The zero-order valence-corrected chi connectivity index (χ0v) is 30.2. The molecule has 0 aliphatic rings. The molecule has 11 aromatic rings. The van der Waals surface area contributed by atoms with Crippen molar-refractivity contribution in [3.05, 3.63) is 200 Å². The van der Waals surface area contributed by atoms with E-state index in [1.807, 2.05) is 48.5 Å². The largest absolute Gasteiger partial charge is 0.456 e. The number of anilines is 6. The van der Waals surface area contributed by atoms with Gasteiger partial charge in [-0.05, 0) is 107 Å². The fourth-order valence-electron chi connectivity index (χ4n) is 8.00. The Kier molecular flexibility index (Phi) is 7.42. The van der Waals surface area contributed by atoms with Crippen molar-refractivity contribution in [3.8, 4) is 11.5 Å². The highest BCUT2D eigenvalue weighted by molar-refractivity contribution is 6.14. The van der Waals surface area contributed by atoms with Gasteiger partial charge in [-0.25, -0.2) is 4.98 Å². The number of para-hydroxylation sites is 3. The molecule has 5 heteroatoms. The lowest BCUT2D eigenvalue weighted by molar-refractivity contribution is 0.620. The maximum Gasteiger partial charge on any atom is 0.227 e. The maximum atomic E-state index is 6.69. The summed E-state index contributed by atoms with van der Waals surface area (Å²) in [6.45, 7) is 0. The molecule has 2 heterocycles. The van der Waals surface area contributed by atoms with Gasteiger partial charge in [-0.15, -0.1) is 0 Å². The van der Waals surface area contributed by atoms with Crippen LogP contribution in [0.3, 0.4) is 0 Å². The van der Waals surface area contributed by atoms with Crippen molar-refractivity contribution in [2.45, 2.75) is 0 Å². The number of oxazole rings is 1. The lowest BCUT2D eigenvalue weighted by Crippen LogP contribution is -2.12. The van der Waals surface area contributed by atoms with Gasteiger partial charge >= 0.3 is 0 Å². The van der Waals surface area contributed by atoms with Crippen LogP contribution in [0.5, 0.6) is 0 Å². The molecule has 0 radical (unpaired) electrons. The normalized spacial score (nSPS) is 11.6. The van der Waals surface area contributed by atoms with E-state index >= 15 is 0 Å². The van der Waals surface area contributed by atoms with Crippen LogP contribution in [0, 0.1) is 0 Å². The number of hydrogen-bond acceptors (Lipinski definition) is 5. The van der Waals surface area contributed by atoms with Crippen LogP contribution in [0.15, 0.2) is 209 Å². The summed E-state index contributed by atoms with van der Waals surface area (Å²) in [5.74, 6) is 0.573. The van der Waals surface area contributed by atoms with E-state index in [4.69, 9.17) is 13.8 Å². The molecule has 2 aromatic heterocycles. The van der Waals surface area contributed by atoms with Crippen LogP contribution in [0.25, 0.3) is 66.0 Å². The Morgan fingerprint density at radius 2 is 0.929 bits per heavy atom. The highest BCUT2D eigenvalue weighted by Gasteiger charge is 2.25. The molecule has 11 rings (SSSR count). The number of benzene rings is 9. The highest BCUT2D eigenvalue weighted by Crippen LogP contribution is 2.47. The molecule has 0 spiro atoms. The number of fused-ring (bicyclic) bond motifs is 6. The van der Waals surface area contributed by atoms with Gasteiger partial charge in [-0.3, -0.25) is 0 Å². The third kappa shape index (κ3) is 5.37. The molecule has 264 valence electrons. The van der Waals surface area contributed by atoms with Gasteiger partial charge in [0.2, 0.25) is 5.89 Å². The van der Waals surface area contributed by atoms with Crippen LogP contribution in [0.2, 0.25) is 0 Å². The average Bonchev–Trinajstić information content (AvgIpc) is 3.86. The van der Waals surface area contributed by atoms with E-state index in [9.17, 15) is 0 Å². The summed E-state index contributed by atoms with van der Waals surface area (Å²) in [6, 6.07) is 69.8. The van der Waals surface area contributed by atoms with Crippen molar-refractivity contribution in [1.82, 2.24) is 4.98 Å². The monoisotopic (exact) mass is 719 g/mol. The molecule has 0 bridgehead atoms. The fourth-order valence-corrected chi connectivity index (χ4v) is 8.00. The van der Waals surface area contributed by atoms with E-state index in [-0.39, 0.29) is 0 Å². The Morgan fingerprint density at radius 1 is 0.339 bits per heavy atom. The number of aromatic nitrogens is 1. The summed E-state index contributed by atoms with van der Waals surface area (Å²) in [6.07, 6.45) is 0. The molecule has 0 atom stereocenters. The van der Waals surface area contributed by atoms with Gasteiger partial charge in [-0.1, -0.05) is 109 Å². The van der Waals surface area contributed by atoms with E-state index < -0.39 is 0 Å². The van der Waals surface area contributed by atoms with E-state index in [2.05, 4.69) is 161 Å². The Hall–Kier alpha value is -7.63. The molecular formula is C51H33N3O2. The summed E-state index contributed by atoms with van der Waals surface area (Å²) in [4.78, 5) is 9.88. The van der Waals surface area contributed by atoms with Crippen molar-refractivity contribution < 1.29 is 8.83 Å². The molecular weight excluding hydrogens is 687 g/mol. The molecule has 0 aliphatic carbocycles. The molecule has 0 unspecified atom stereocenters. The SMILES string of the molecule is c1ccc(-c2nc3c(N(c4ccccc4)c4ccc5oc6ccccc6c5c4)c4ccc(N(c5ccccc5)c5ccc6ccccc6c5)cc4cc3o2)cc1. The van der Waals surface area contributed by atoms with E-state index in [0.29, 0.717) is 11.5 Å². The zero-order chi connectivity index (χ0) is 37.0. The summed E-state index contributed by atoms with van der Waals surface area (Å²) in [5, 5.41) is 6.59. The first-order valence-electron chi connectivity index (χ1n) is 18.8. The smallest absolute Gasteiger partial charge is 0.227 e. The number of furan rings is 1. The number of hydrogen-bond donors (Lipinski definition) is 0. The van der Waals surface area contributed by atoms with Crippen LogP contribution < -0.4 is 9.80 Å². The van der Waals surface area contributed by atoms with Crippen LogP contribution in [0.4, 0.5) is 34.1 Å². The molecule has 0 saturated carbocycles. The summed E-state index contributed by atoms with van der Waals surface area (Å²) in [5.41, 5.74) is 10.2. The Labute approximate surface area is 322 Å². The Morgan fingerprint density at radius 3 is 1.71 bits per heavy atom. The van der Waals surface area contributed by atoms with Gasteiger partial charge in [-0.2, -0.15) is 0 Å². The third-order valence-corrected chi connectivity index (χ3v) is 10.6. The summed E-state index contributed by atoms with van der Waals surface area (Å²) >= 11 is 0. The molecule has 0 N–H and O–H groups in total. The molecule has 0 fully saturated rings. The first-order valence-corrected chi connectivity index (χ1v) is 18.8. The highest BCUT2D eigenvalue weighted by atomic mass is 16.3. The van der Waals surface area contributed by atoms with E-state index in [1.165, 1.54) is 10.8 Å². The standard InChI is InChI=1S/C51H33N3O2/c1-4-15-35(16-5-1)51-52-49-48(56-51)32-37-31-41(53(38-18-6-2-7-19-38)40-25-24-34-14-10-11-17-36(34)30-40)26-28-43(37)50(49)54(39-20-8-3-9-21-39)42-27-29-47-45(33-42)44-22-12-13-23-46(44)55-47/h1-33H. The quantitative estimate of drug-likeness (QED) is 0.164. The number of nitrogens with zero attached hydrogens (tertiary/aromatic N) is 3. The van der Waals surface area contributed by atoms with Crippen molar-refractivity contribution >= 4 is 88.7 Å². The maximum absolute atomic E-state index is 6.69. The summed E-state index contributed by atoms with van der Waals surface area (Å²) < 4.78 is 13.0. The predicted molar refractivity (Wildman–Crippen MR) is 231 cm³/mol. The minimum Gasteiger partial charge on any atom is -0.456 e. The van der Waals surface area contributed by atoms with Crippen LogP contribution in [-0.4, -0.2) is 4.98 Å². The van der Waals surface area contributed by atoms with Crippen molar-refractivity contribution in [2.75, 3.05) is 9.80 Å². The average molecular weight is 720 g/mol. The first kappa shape index (κ1) is 31.9. The molecule has 0 saturated heterocycles. The predicted octanol–water partition coefficient (Wildman–Crippen LogP) is 14.6. The first-order chi connectivity index (χ1) is 27.7. The molecule has 56 heavy (non-hydrogen) atoms. The second-order valence-electron chi connectivity index (χ2n) is 14.0. The zero-order valence-electron chi connectivity index (χ0n) is 30.2. The third-order valence-electron chi connectivity index (χ3n) is 10.6.